The van der Waals surface area contributed by atoms with Crippen LogP contribution in [0.15, 0.2) is 30.3 Å². The van der Waals surface area contributed by atoms with E-state index >= 15 is 0 Å². The van der Waals surface area contributed by atoms with Gasteiger partial charge in [0.2, 0.25) is 0 Å². The molecular formula is C13H21NO2S. The van der Waals surface area contributed by atoms with E-state index in [4.69, 9.17) is 0 Å². The molecule has 3 nitrogen and oxygen atoms in total. The molecule has 0 aliphatic heterocycles. The van der Waals surface area contributed by atoms with Gasteiger partial charge in [0.1, 0.15) is 0 Å². The van der Waals surface area contributed by atoms with Crippen molar-refractivity contribution in [3.05, 3.63) is 30.3 Å². The number of benzene rings is 1. The molecule has 0 saturated heterocycles. The lowest BCUT2D eigenvalue weighted by atomic mass is 10.2. The molecule has 1 aromatic carbocycles. The van der Waals surface area contributed by atoms with Crippen LogP contribution in [-0.2, 0) is 9.84 Å². The lowest BCUT2D eigenvalue weighted by Gasteiger charge is -2.10. The van der Waals surface area contributed by atoms with Gasteiger partial charge in [-0.05, 0) is 18.1 Å². The van der Waals surface area contributed by atoms with Crippen LogP contribution in [0, 0.1) is 5.92 Å². The second-order valence-corrected chi connectivity index (χ2v) is 6.65. The molecule has 1 atom stereocenters. The highest BCUT2D eigenvalue weighted by Crippen LogP contribution is 2.07. The number of hydrogen-bond acceptors (Lipinski definition) is 3. The van der Waals surface area contributed by atoms with Crippen LogP contribution >= 0.6 is 0 Å². The molecule has 0 spiro atoms. The van der Waals surface area contributed by atoms with Gasteiger partial charge in [-0.3, -0.25) is 0 Å². The van der Waals surface area contributed by atoms with Crippen molar-refractivity contribution in [2.45, 2.75) is 20.3 Å². The lowest BCUT2D eigenvalue weighted by Crippen LogP contribution is -2.21. The quantitative estimate of drug-likeness (QED) is 0.814. The van der Waals surface area contributed by atoms with Gasteiger partial charge in [-0.2, -0.15) is 0 Å². The molecule has 0 fully saturated rings. The summed E-state index contributed by atoms with van der Waals surface area (Å²) in [6.45, 7) is 4.47. The summed E-state index contributed by atoms with van der Waals surface area (Å²) in [5.74, 6) is 0.739. The van der Waals surface area contributed by atoms with Crippen LogP contribution in [0.2, 0.25) is 0 Å². The van der Waals surface area contributed by atoms with E-state index in [-0.39, 0.29) is 11.7 Å². The Kier molecular flexibility index (Phi) is 5.48. The van der Waals surface area contributed by atoms with Crippen LogP contribution in [0.1, 0.15) is 20.3 Å². The topological polar surface area (TPSA) is 46.2 Å². The van der Waals surface area contributed by atoms with Gasteiger partial charge >= 0.3 is 0 Å². The Morgan fingerprint density at radius 1 is 1.24 bits per heavy atom. The molecule has 0 aliphatic rings. The molecule has 4 heteroatoms. The van der Waals surface area contributed by atoms with Crippen molar-refractivity contribution in [1.29, 1.82) is 0 Å². The zero-order valence-corrected chi connectivity index (χ0v) is 11.3. The Bertz CT molecular complexity index is 414. The second-order valence-electron chi connectivity index (χ2n) is 4.42. The zero-order valence-electron chi connectivity index (χ0n) is 10.5. The molecule has 0 radical (unpaired) electrons. The lowest BCUT2D eigenvalue weighted by molar-refractivity contribution is 0.564. The number of sulfone groups is 1. The Hall–Kier alpha value is -1.03. The number of rotatable bonds is 7. The summed E-state index contributed by atoms with van der Waals surface area (Å²) in [7, 11) is -2.93. The average Bonchev–Trinajstić information content (AvgIpc) is 2.29. The van der Waals surface area contributed by atoms with Crippen LogP contribution in [-0.4, -0.2) is 26.5 Å². The van der Waals surface area contributed by atoms with E-state index in [1.165, 1.54) is 0 Å². The Morgan fingerprint density at radius 3 is 2.47 bits per heavy atom. The van der Waals surface area contributed by atoms with Crippen molar-refractivity contribution in [3.8, 4) is 0 Å². The highest BCUT2D eigenvalue weighted by atomic mass is 32.2. The summed E-state index contributed by atoms with van der Waals surface area (Å²) in [5, 5.41) is 3.11. The molecular weight excluding hydrogens is 234 g/mol. The Balaban J connectivity index is 2.36. The molecule has 0 aliphatic carbocycles. The molecule has 1 aromatic rings. The summed E-state index contributed by atoms with van der Waals surface area (Å²) in [5.41, 5.74) is 0.964. The maximum absolute atomic E-state index is 11.8. The number of hydrogen-bond donors (Lipinski definition) is 1. The Morgan fingerprint density at radius 2 is 1.88 bits per heavy atom. The zero-order chi connectivity index (χ0) is 12.7. The predicted molar refractivity (Wildman–Crippen MR) is 73.0 cm³/mol. The van der Waals surface area contributed by atoms with E-state index in [9.17, 15) is 8.42 Å². The maximum atomic E-state index is 11.8. The minimum Gasteiger partial charge on any atom is -0.384 e. The average molecular weight is 255 g/mol. The van der Waals surface area contributed by atoms with E-state index in [0.29, 0.717) is 12.3 Å². The van der Waals surface area contributed by atoms with Crippen molar-refractivity contribution in [3.63, 3.8) is 0 Å². The van der Waals surface area contributed by atoms with Crippen molar-refractivity contribution < 1.29 is 8.42 Å². The molecule has 0 saturated carbocycles. The van der Waals surface area contributed by atoms with E-state index < -0.39 is 9.84 Å². The van der Waals surface area contributed by atoms with E-state index in [1.54, 1.807) is 0 Å². The van der Waals surface area contributed by atoms with Crippen LogP contribution in [0.4, 0.5) is 5.69 Å². The third-order valence-corrected chi connectivity index (χ3v) is 4.65. The minimum atomic E-state index is -2.93. The predicted octanol–water partition coefficient (Wildman–Crippen LogP) is 2.56. The molecule has 0 bridgehead atoms. The van der Waals surface area contributed by atoms with E-state index in [2.05, 4.69) is 5.32 Å². The second kappa shape index (κ2) is 6.64. The number of para-hydroxylation sites is 1. The molecule has 0 aromatic heterocycles. The fourth-order valence-electron chi connectivity index (χ4n) is 1.54. The van der Waals surface area contributed by atoms with Crippen molar-refractivity contribution in [1.82, 2.24) is 0 Å². The van der Waals surface area contributed by atoms with Gasteiger partial charge in [0.05, 0.1) is 11.5 Å². The monoisotopic (exact) mass is 255 g/mol. The van der Waals surface area contributed by atoms with Gasteiger partial charge in [0, 0.05) is 12.2 Å². The fraction of sp³-hybridized carbons (Fsp3) is 0.538. The third-order valence-electron chi connectivity index (χ3n) is 2.75. The summed E-state index contributed by atoms with van der Waals surface area (Å²) in [6, 6.07) is 9.65. The van der Waals surface area contributed by atoms with E-state index in [0.717, 1.165) is 12.1 Å². The summed E-state index contributed by atoms with van der Waals surface area (Å²) >= 11 is 0. The highest BCUT2D eigenvalue weighted by molar-refractivity contribution is 7.91. The van der Waals surface area contributed by atoms with Crippen molar-refractivity contribution in [2.24, 2.45) is 5.92 Å². The number of nitrogens with one attached hydrogen (secondary N) is 1. The van der Waals surface area contributed by atoms with Gasteiger partial charge in [0.25, 0.3) is 0 Å². The standard InChI is InChI=1S/C13H21NO2S/c1-3-12(2)11-17(15,16)10-9-14-13-7-5-4-6-8-13/h4-8,12,14H,3,9-11H2,1-2H3. The first-order chi connectivity index (χ1) is 8.03. The molecule has 0 amide bonds. The van der Waals surface area contributed by atoms with Crippen molar-refractivity contribution >= 4 is 15.5 Å². The minimum absolute atomic E-state index is 0.201. The van der Waals surface area contributed by atoms with Gasteiger partial charge in [-0.25, -0.2) is 8.42 Å². The molecule has 0 heterocycles. The first-order valence-corrected chi connectivity index (χ1v) is 7.85. The van der Waals surface area contributed by atoms with Crippen LogP contribution in [0.25, 0.3) is 0 Å². The Labute approximate surface area is 104 Å². The molecule has 1 rings (SSSR count). The number of anilines is 1. The largest absolute Gasteiger partial charge is 0.384 e. The normalized spacial score (nSPS) is 13.3. The third kappa shape index (κ3) is 5.73. The molecule has 17 heavy (non-hydrogen) atoms. The molecule has 1 unspecified atom stereocenters. The first-order valence-electron chi connectivity index (χ1n) is 6.03. The fourth-order valence-corrected chi connectivity index (χ4v) is 3.22. The van der Waals surface area contributed by atoms with Crippen LogP contribution in [0.5, 0.6) is 0 Å². The smallest absolute Gasteiger partial charge is 0.152 e. The SMILES string of the molecule is CCC(C)CS(=O)(=O)CCNc1ccccc1. The van der Waals surface area contributed by atoms with Crippen LogP contribution < -0.4 is 5.32 Å². The van der Waals surface area contributed by atoms with Gasteiger partial charge in [-0.15, -0.1) is 0 Å². The first kappa shape index (κ1) is 14.0. The summed E-state index contributed by atoms with van der Waals surface area (Å²) in [6.07, 6.45) is 0.908. The van der Waals surface area contributed by atoms with E-state index in [1.807, 2.05) is 44.2 Å². The van der Waals surface area contributed by atoms with Gasteiger partial charge < -0.3 is 5.32 Å². The molecule has 96 valence electrons. The maximum Gasteiger partial charge on any atom is 0.152 e. The van der Waals surface area contributed by atoms with Gasteiger partial charge in [-0.1, -0.05) is 38.5 Å². The van der Waals surface area contributed by atoms with Crippen LogP contribution in [0.3, 0.4) is 0 Å². The highest BCUT2D eigenvalue weighted by Gasteiger charge is 2.14. The summed E-state index contributed by atoms with van der Waals surface area (Å²) in [4.78, 5) is 0. The van der Waals surface area contributed by atoms with Crippen molar-refractivity contribution in [2.75, 3.05) is 23.4 Å². The van der Waals surface area contributed by atoms with Gasteiger partial charge in [0.15, 0.2) is 9.84 Å². The summed E-state index contributed by atoms with van der Waals surface area (Å²) < 4.78 is 23.5. The molecule has 1 N–H and O–H groups in total.